The SMILES string of the molecule is COC(=O)CSc1nc2cc(Cl)ccc2c(=O)n1-c1cccc(Cl)c1. The molecule has 0 N–H and O–H groups in total. The largest absolute Gasteiger partial charge is 0.468 e. The number of carbonyl (C=O) groups is 1. The summed E-state index contributed by atoms with van der Waals surface area (Å²) in [6.45, 7) is 0. The molecule has 0 amide bonds. The van der Waals surface area contributed by atoms with Gasteiger partial charge in [0.05, 0.1) is 29.5 Å². The second-order valence-electron chi connectivity index (χ2n) is 5.04. The van der Waals surface area contributed by atoms with Crippen molar-refractivity contribution in [2.45, 2.75) is 5.16 Å². The number of thioether (sulfide) groups is 1. The van der Waals surface area contributed by atoms with Gasteiger partial charge in [0.15, 0.2) is 5.16 Å². The predicted molar refractivity (Wildman–Crippen MR) is 100 cm³/mol. The first-order valence-corrected chi connectivity index (χ1v) is 8.91. The van der Waals surface area contributed by atoms with Crippen LogP contribution in [0.3, 0.4) is 0 Å². The predicted octanol–water partition coefficient (Wildman–Crippen LogP) is 3.96. The Kier molecular flexibility index (Phi) is 5.32. The molecule has 0 atom stereocenters. The number of carbonyl (C=O) groups excluding carboxylic acids is 1. The van der Waals surface area contributed by atoms with Gasteiger partial charge in [0.2, 0.25) is 0 Å². The van der Waals surface area contributed by atoms with E-state index in [2.05, 4.69) is 9.72 Å². The van der Waals surface area contributed by atoms with Crippen LogP contribution in [0, 0.1) is 0 Å². The van der Waals surface area contributed by atoms with Crippen LogP contribution in [-0.2, 0) is 9.53 Å². The molecule has 1 aromatic heterocycles. The average Bonchev–Trinajstić information content (AvgIpc) is 2.59. The quantitative estimate of drug-likeness (QED) is 0.380. The number of aromatic nitrogens is 2. The number of methoxy groups -OCH3 is 1. The molecule has 0 fully saturated rings. The van der Waals surface area contributed by atoms with Crippen molar-refractivity contribution in [1.29, 1.82) is 0 Å². The molecule has 0 aliphatic carbocycles. The molecular formula is C17H12Cl2N2O3S. The molecule has 5 nitrogen and oxygen atoms in total. The maximum Gasteiger partial charge on any atom is 0.316 e. The van der Waals surface area contributed by atoms with Crippen LogP contribution in [0.25, 0.3) is 16.6 Å². The van der Waals surface area contributed by atoms with Crippen LogP contribution in [0.2, 0.25) is 10.0 Å². The number of ether oxygens (including phenoxy) is 1. The van der Waals surface area contributed by atoms with Gasteiger partial charge < -0.3 is 4.74 Å². The Balaban J connectivity index is 2.24. The molecular weight excluding hydrogens is 383 g/mol. The van der Waals surface area contributed by atoms with Crippen LogP contribution in [0.4, 0.5) is 0 Å². The molecule has 1 heterocycles. The average molecular weight is 395 g/mol. The van der Waals surface area contributed by atoms with E-state index in [0.717, 1.165) is 11.8 Å². The summed E-state index contributed by atoms with van der Waals surface area (Å²) < 4.78 is 6.08. The van der Waals surface area contributed by atoms with Crippen molar-refractivity contribution in [3.63, 3.8) is 0 Å². The van der Waals surface area contributed by atoms with E-state index in [-0.39, 0.29) is 11.3 Å². The van der Waals surface area contributed by atoms with Crippen molar-refractivity contribution in [1.82, 2.24) is 9.55 Å². The Morgan fingerprint density at radius 2 is 1.96 bits per heavy atom. The molecule has 0 bridgehead atoms. The van der Waals surface area contributed by atoms with Crippen LogP contribution in [0.5, 0.6) is 0 Å². The van der Waals surface area contributed by atoms with E-state index in [1.54, 1.807) is 42.5 Å². The first kappa shape index (κ1) is 17.8. The molecule has 3 rings (SSSR count). The van der Waals surface area contributed by atoms with Crippen LogP contribution in [0.15, 0.2) is 52.4 Å². The minimum absolute atomic E-state index is 0.0234. The number of nitrogens with zero attached hydrogens (tertiary/aromatic N) is 2. The van der Waals surface area contributed by atoms with Crippen LogP contribution < -0.4 is 5.56 Å². The van der Waals surface area contributed by atoms with Gasteiger partial charge in [0.25, 0.3) is 5.56 Å². The van der Waals surface area contributed by atoms with Gasteiger partial charge in [0.1, 0.15) is 0 Å². The van der Waals surface area contributed by atoms with Gasteiger partial charge in [-0.3, -0.25) is 14.2 Å². The van der Waals surface area contributed by atoms with Crippen molar-refractivity contribution >= 4 is 51.8 Å². The Hall–Kier alpha value is -2.02. The van der Waals surface area contributed by atoms with Crippen molar-refractivity contribution in [2.75, 3.05) is 12.9 Å². The van der Waals surface area contributed by atoms with E-state index in [1.165, 1.54) is 11.7 Å². The number of rotatable bonds is 4. The van der Waals surface area contributed by atoms with Gasteiger partial charge >= 0.3 is 5.97 Å². The zero-order chi connectivity index (χ0) is 18.0. The zero-order valence-electron chi connectivity index (χ0n) is 13.0. The Labute approximate surface area is 157 Å². The van der Waals surface area contributed by atoms with E-state index in [4.69, 9.17) is 23.2 Å². The maximum absolute atomic E-state index is 13.0. The first-order valence-electron chi connectivity index (χ1n) is 7.17. The minimum atomic E-state index is -0.414. The molecule has 128 valence electrons. The molecule has 0 radical (unpaired) electrons. The third-order valence-electron chi connectivity index (χ3n) is 3.41. The van der Waals surface area contributed by atoms with Crippen LogP contribution in [-0.4, -0.2) is 28.4 Å². The molecule has 0 spiro atoms. The van der Waals surface area contributed by atoms with E-state index in [1.807, 2.05) is 0 Å². The van der Waals surface area contributed by atoms with Gasteiger partial charge in [-0.2, -0.15) is 0 Å². The lowest BCUT2D eigenvalue weighted by molar-refractivity contribution is -0.137. The monoisotopic (exact) mass is 394 g/mol. The summed E-state index contributed by atoms with van der Waals surface area (Å²) in [4.78, 5) is 29.0. The van der Waals surface area contributed by atoms with Crippen molar-refractivity contribution < 1.29 is 9.53 Å². The summed E-state index contributed by atoms with van der Waals surface area (Å²) in [5.74, 6) is -0.390. The second-order valence-corrected chi connectivity index (χ2v) is 6.86. The summed E-state index contributed by atoms with van der Waals surface area (Å²) in [5, 5.41) is 1.74. The molecule has 3 aromatic rings. The summed E-state index contributed by atoms with van der Waals surface area (Å²) >= 11 is 13.2. The third-order valence-corrected chi connectivity index (χ3v) is 4.80. The number of esters is 1. The summed E-state index contributed by atoms with van der Waals surface area (Å²) in [7, 11) is 1.31. The molecule has 25 heavy (non-hydrogen) atoms. The highest BCUT2D eigenvalue weighted by Gasteiger charge is 2.15. The standard InChI is InChI=1S/C17H12Cl2N2O3S/c1-24-15(22)9-25-17-20-14-8-11(19)5-6-13(14)16(23)21(17)12-4-2-3-10(18)7-12/h2-8H,9H2,1H3. The number of hydrogen-bond acceptors (Lipinski definition) is 5. The van der Waals surface area contributed by atoms with Gasteiger partial charge in [-0.25, -0.2) is 4.98 Å². The smallest absolute Gasteiger partial charge is 0.316 e. The molecule has 2 aromatic carbocycles. The number of benzene rings is 2. The first-order chi connectivity index (χ1) is 12.0. The van der Waals surface area contributed by atoms with Gasteiger partial charge in [-0.15, -0.1) is 0 Å². The fourth-order valence-electron chi connectivity index (χ4n) is 2.26. The highest BCUT2D eigenvalue weighted by molar-refractivity contribution is 7.99. The van der Waals surface area contributed by atoms with Crippen molar-refractivity contribution in [2.24, 2.45) is 0 Å². The molecule has 0 saturated carbocycles. The summed E-state index contributed by atoms with van der Waals surface area (Å²) in [6.07, 6.45) is 0. The number of hydrogen-bond donors (Lipinski definition) is 0. The van der Waals surface area contributed by atoms with Crippen LogP contribution in [0.1, 0.15) is 0 Å². The van der Waals surface area contributed by atoms with E-state index >= 15 is 0 Å². The Bertz CT molecular complexity index is 1020. The highest BCUT2D eigenvalue weighted by Crippen LogP contribution is 2.24. The third kappa shape index (κ3) is 3.81. The fourth-order valence-corrected chi connectivity index (χ4v) is 3.46. The molecule has 0 aliphatic heterocycles. The van der Waals surface area contributed by atoms with Crippen LogP contribution >= 0.6 is 35.0 Å². The lowest BCUT2D eigenvalue weighted by atomic mass is 10.2. The normalized spacial score (nSPS) is 10.8. The molecule has 0 saturated heterocycles. The minimum Gasteiger partial charge on any atom is -0.468 e. The van der Waals surface area contributed by atoms with Crippen molar-refractivity contribution in [3.8, 4) is 5.69 Å². The fraction of sp³-hybridized carbons (Fsp3) is 0.118. The number of fused-ring (bicyclic) bond motifs is 1. The lowest BCUT2D eigenvalue weighted by Crippen LogP contribution is -2.22. The Morgan fingerprint density at radius 1 is 1.20 bits per heavy atom. The summed E-state index contributed by atoms with van der Waals surface area (Å²) in [6, 6.07) is 11.7. The maximum atomic E-state index is 13.0. The highest BCUT2D eigenvalue weighted by atomic mass is 35.5. The summed E-state index contributed by atoms with van der Waals surface area (Å²) in [5.41, 5.74) is 0.758. The number of halogens is 2. The molecule has 0 unspecified atom stereocenters. The molecule has 0 aliphatic rings. The van der Waals surface area contributed by atoms with E-state index in [0.29, 0.717) is 31.8 Å². The molecule has 8 heteroatoms. The second kappa shape index (κ2) is 7.47. The van der Waals surface area contributed by atoms with Gasteiger partial charge in [-0.05, 0) is 36.4 Å². The van der Waals surface area contributed by atoms with E-state index in [9.17, 15) is 9.59 Å². The van der Waals surface area contributed by atoms with E-state index < -0.39 is 5.97 Å². The van der Waals surface area contributed by atoms with Crippen molar-refractivity contribution in [3.05, 3.63) is 62.9 Å². The topological polar surface area (TPSA) is 61.2 Å². The lowest BCUT2D eigenvalue weighted by Gasteiger charge is -2.13. The zero-order valence-corrected chi connectivity index (χ0v) is 15.4. The Morgan fingerprint density at radius 3 is 2.68 bits per heavy atom. The van der Waals surface area contributed by atoms with Gasteiger partial charge in [-0.1, -0.05) is 41.0 Å². The van der Waals surface area contributed by atoms with Gasteiger partial charge in [0, 0.05) is 10.0 Å².